The minimum absolute atomic E-state index is 0.0315. The molecular formula is C24H28ClFN6O4S2. The third kappa shape index (κ3) is 6.33. The van der Waals surface area contributed by atoms with E-state index in [1.165, 1.54) is 35.7 Å². The summed E-state index contributed by atoms with van der Waals surface area (Å²) in [5.74, 6) is -0.357. The Bertz CT molecular complexity index is 1450. The number of halogens is 2. The Balaban J connectivity index is 1.79. The molecule has 1 amide bonds. The van der Waals surface area contributed by atoms with Gasteiger partial charge < -0.3 is 4.74 Å². The number of benzene rings is 1. The quantitative estimate of drug-likeness (QED) is 0.283. The molecule has 2 heterocycles. The second kappa shape index (κ2) is 11.4. The Morgan fingerprint density at radius 1 is 1.32 bits per heavy atom. The number of nitrogens with zero attached hydrogens (tertiary/aromatic N) is 4. The molecule has 14 heteroatoms. The number of sulfonamides is 1. The predicted molar refractivity (Wildman–Crippen MR) is 146 cm³/mol. The topological polar surface area (TPSA) is 126 Å². The van der Waals surface area contributed by atoms with Gasteiger partial charge in [0.2, 0.25) is 16.0 Å². The number of thiazole rings is 1. The fourth-order valence-electron chi connectivity index (χ4n) is 3.65. The lowest BCUT2D eigenvalue weighted by Gasteiger charge is -2.25. The molecule has 0 bridgehead atoms. The first-order valence-electron chi connectivity index (χ1n) is 12.0. The summed E-state index contributed by atoms with van der Waals surface area (Å²) in [7, 11) is -2.43. The molecule has 1 aromatic carbocycles. The monoisotopic (exact) mass is 582 g/mol. The number of anilines is 2. The van der Waals surface area contributed by atoms with Crippen LogP contribution < -0.4 is 10.1 Å². The molecule has 0 radical (unpaired) electrons. The van der Waals surface area contributed by atoms with Gasteiger partial charge in [-0.15, -0.1) is 11.3 Å². The number of hydrogen-bond donors (Lipinski definition) is 2. The highest BCUT2D eigenvalue weighted by Gasteiger charge is 2.31. The molecule has 0 spiro atoms. The first-order valence-corrected chi connectivity index (χ1v) is 14.9. The highest BCUT2D eigenvalue weighted by Crippen LogP contribution is 2.48. The zero-order valence-corrected chi connectivity index (χ0v) is 23.7. The fraction of sp³-hybridized carbons (Fsp3) is 0.417. The van der Waals surface area contributed by atoms with E-state index in [1.807, 2.05) is 0 Å². The number of carbonyl (C=O) groups is 1. The van der Waals surface area contributed by atoms with Gasteiger partial charge in [0.15, 0.2) is 0 Å². The van der Waals surface area contributed by atoms with E-state index in [2.05, 4.69) is 20.1 Å². The average molecular weight is 583 g/mol. The van der Waals surface area contributed by atoms with Crippen LogP contribution in [0.4, 0.5) is 20.8 Å². The molecule has 0 unspecified atom stereocenters. The van der Waals surface area contributed by atoms with Crippen LogP contribution in [0.1, 0.15) is 51.0 Å². The lowest BCUT2D eigenvalue weighted by atomic mass is 10.1. The van der Waals surface area contributed by atoms with Gasteiger partial charge in [0.05, 0.1) is 50.9 Å². The zero-order valence-electron chi connectivity index (χ0n) is 21.3. The summed E-state index contributed by atoms with van der Waals surface area (Å²) < 4.78 is 46.7. The smallest absolute Gasteiger partial charge is 0.428 e. The van der Waals surface area contributed by atoms with E-state index in [-0.39, 0.29) is 39.9 Å². The van der Waals surface area contributed by atoms with E-state index in [4.69, 9.17) is 21.3 Å². The second-order valence-corrected chi connectivity index (χ2v) is 12.3. The number of methoxy groups -OCH3 is 1. The van der Waals surface area contributed by atoms with Gasteiger partial charge in [-0.05, 0) is 51.3 Å². The summed E-state index contributed by atoms with van der Waals surface area (Å²) in [6, 6.07) is 3.70. The molecule has 1 fully saturated rings. The van der Waals surface area contributed by atoms with Crippen molar-refractivity contribution in [2.75, 3.05) is 23.0 Å². The van der Waals surface area contributed by atoms with E-state index in [0.717, 1.165) is 23.9 Å². The van der Waals surface area contributed by atoms with Gasteiger partial charge in [0.25, 0.3) is 0 Å². The van der Waals surface area contributed by atoms with Crippen molar-refractivity contribution in [3.05, 3.63) is 40.2 Å². The molecule has 1 aliphatic carbocycles. The zero-order chi connectivity index (χ0) is 27.6. The Hall–Kier alpha value is -3.03. The SMILES string of the molecule is CCCS(=O)(=O)Nc1cc(F)cc(-c2nc(C3CC3)sc2-c2ccnc(NN(C(=O)OC)C(C)C)n2)c1Cl. The van der Waals surface area contributed by atoms with Gasteiger partial charge in [0.1, 0.15) is 5.82 Å². The van der Waals surface area contributed by atoms with Crippen LogP contribution in [0.3, 0.4) is 0 Å². The average Bonchev–Trinajstić information content (AvgIpc) is 3.62. The number of hydrogen-bond acceptors (Lipinski definition) is 9. The van der Waals surface area contributed by atoms with Crippen molar-refractivity contribution in [1.29, 1.82) is 0 Å². The minimum atomic E-state index is -3.71. The molecular weight excluding hydrogens is 555 g/mol. The van der Waals surface area contributed by atoms with E-state index in [0.29, 0.717) is 22.7 Å². The molecule has 2 N–H and O–H groups in total. The molecule has 10 nitrogen and oxygen atoms in total. The van der Waals surface area contributed by atoms with Gasteiger partial charge >= 0.3 is 6.09 Å². The van der Waals surface area contributed by atoms with Gasteiger partial charge in [-0.2, -0.15) is 0 Å². The van der Waals surface area contributed by atoms with Gasteiger partial charge in [-0.3, -0.25) is 10.1 Å². The Kier molecular flexibility index (Phi) is 8.38. The van der Waals surface area contributed by atoms with Gasteiger partial charge in [-0.25, -0.2) is 37.6 Å². The van der Waals surface area contributed by atoms with Crippen molar-refractivity contribution in [2.24, 2.45) is 0 Å². The Labute approximate surface area is 229 Å². The second-order valence-electron chi connectivity index (χ2n) is 9.05. The van der Waals surface area contributed by atoms with Crippen molar-refractivity contribution >= 4 is 50.7 Å². The van der Waals surface area contributed by atoms with Crippen LogP contribution in [0, 0.1) is 5.82 Å². The molecule has 204 valence electrons. The highest BCUT2D eigenvalue weighted by molar-refractivity contribution is 7.92. The maximum atomic E-state index is 14.8. The minimum Gasteiger partial charge on any atom is -0.452 e. The number of nitrogens with one attached hydrogen (secondary N) is 2. The molecule has 38 heavy (non-hydrogen) atoms. The van der Waals surface area contributed by atoms with E-state index < -0.39 is 21.9 Å². The first kappa shape index (κ1) is 28.0. The van der Waals surface area contributed by atoms with Crippen LogP contribution in [0.2, 0.25) is 5.02 Å². The number of ether oxygens (including phenoxy) is 1. The largest absolute Gasteiger partial charge is 0.452 e. The number of amides is 1. The number of rotatable bonds is 10. The van der Waals surface area contributed by atoms with E-state index in [1.54, 1.807) is 26.8 Å². The van der Waals surface area contributed by atoms with Crippen LogP contribution in [0.5, 0.6) is 0 Å². The van der Waals surface area contributed by atoms with Crippen LogP contribution >= 0.6 is 22.9 Å². The van der Waals surface area contributed by atoms with E-state index in [9.17, 15) is 17.6 Å². The third-order valence-electron chi connectivity index (χ3n) is 5.60. The maximum Gasteiger partial charge on any atom is 0.428 e. The summed E-state index contributed by atoms with van der Waals surface area (Å²) in [5.41, 5.74) is 3.91. The molecule has 2 aromatic heterocycles. The summed E-state index contributed by atoms with van der Waals surface area (Å²) in [6.45, 7) is 5.33. The molecule has 0 aliphatic heterocycles. The summed E-state index contributed by atoms with van der Waals surface area (Å²) >= 11 is 8.05. The predicted octanol–water partition coefficient (Wildman–Crippen LogP) is 5.89. The number of carbonyl (C=O) groups excluding carboxylic acids is 1. The summed E-state index contributed by atoms with van der Waals surface area (Å²) in [5, 5.41) is 2.14. The van der Waals surface area contributed by atoms with Crippen LogP contribution in [-0.4, -0.2) is 53.4 Å². The molecule has 3 aromatic rings. The van der Waals surface area contributed by atoms with Gasteiger partial charge in [0, 0.05) is 17.7 Å². The van der Waals surface area contributed by atoms with Crippen molar-refractivity contribution < 1.29 is 22.3 Å². The van der Waals surface area contributed by atoms with Crippen molar-refractivity contribution in [1.82, 2.24) is 20.0 Å². The van der Waals surface area contributed by atoms with Crippen LogP contribution in [0.15, 0.2) is 24.4 Å². The molecule has 0 saturated heterocycles. The van der Waals surface area contributed by atoms with Crippen LogP contribution in [0.25, 0.3) is 21.8 Å². The van der Waals surface area contributed by atoms with Gasteiger partial charge in [-0.1, -0.05) is 18.5 Å². The van der Waals surface area contributed by atoms with Crippen molar-refractivity contribution in [3.8, 4) is 21.8 Å². The lowest BCUT2D eigenvalue weighted by Crippen LogP contribution is -2.41. The number of hydrazine groups is 1. The lowest BCUT2D eigenvalue weighted by molar-refractivity contribution is 0.122. The standard InChI is InChI=1S/C24H28ClFN6O4S2/c1-5-10-38(34,35)31-18-12-15(26)11-16(19(18)25)20-21(37-22(29-20)14-6-7-14)17-8-9-27-23(28-17)30-32(13(2)3)24(33)36-4/h8-9,11-14,31H,5-7,10H2,1-4H3,(H,27,28,30). The maximum absolute atomic E-state index is 14.8. The Morgan fingerprint density at radius 3 is 2.68 bits per heavy atom. The molecule has 4 rings (SSSR count). The Morgan fingerprint density at radius 2 is 2.05 bits per heavy atom. The van der Waals surface area contributed by atoms with Crippen LogP contribution in [-0.2, 0) is 14.8 Å². The normalized spacial score (nSPS) is 13.4. The highest BCUT2D eigenvalue weighted by atomic mass is 35.5. The number of aromatic nitrogens is 3. The summed E-state index contributed by atoms with van der Waals surface area (Å²) in [4.78, 5) is 26.3. The molecule has 0 atom stereocenters. The summed E-state index contributed by atoms with van der Waals surface area (Å²) in [6.07, 6.45) is 3.30. The molecule has 1 aliphatic rings. The molecule has 1 saturated carbocycles. The fourth-order valence-corrected chi connectivity index (χ4v) is 6.31. The third-order valence-corrected chi connectivity index (χ3v) is 8.72. The van der Waals surface area contributed by atoms with Crippen molar-refractivity contribution in [3.63, 3.8) is 0 Å². The first-order chi connectivity index (χ1) is 18.0. The van der Waals surface area contributed by atoms with Crippen molar-refractivity contribution in [2.45, 2.75) is 52.0 Å². The van der Waals surface area contributed by atoms with E-state index >= 15 is 0 Å².